The Labute approximate surface area is 195 Å². The lowest BCUT2D eigenvalue weighted by Gasteiger charge is -2.32. The Hall–Kier alpha value is -3.11. The van der Waals surface area contributed by atoms with Crippen LogP contribution in [-0.4, -0.2) is 29.3 Å². The molecule has 0 saturated heterocycles. The number of carbonyl (C=O) groups is 2. The number of halogens is 1. The van der Waals surface area contributed by atoms with E-state index in [0.29, 0.717) is 24.5 Å². The number of aryl methyl sites for hydroxylation is 1. The smallest absolute Gasteiger partial charge is 0.243 e. The monoisotopic (exact) mass is 448 g/mol. The molecule has 0 saturated carbocycles. The summed E-state index contributed by atoms with van der Waals surface area (Å²) in [6.07, 6.45) is 0.622. The fourth-order valence-corrected chi connectivity index (χ4v) is 3.95. The highest BCUT2D eigenvalue weighted by molar-refractivity contribution is 6.30. The van der Waals surface area contributed by atoms with E-state index in [-0.39, 0.29) is 18.2 Å². The molecule has 1 atom stereocenters. The van der Waals surface area contributed by atoms with Crippen LogP contribution in [-0.2, 0) is 29.0 Å². The minimum absolute atomic E-state index is 0.109. The second-order valence-corrected chi connectivity index (χ2v) is 8.29. The molecule has 0 aromatic heterocycles. The van der Waals surface area contributed by atoms with Crippen molar-refractivity contribution in [1.29, 1.82) is 0 Å². The van der Waals surface area contributed by atoms with Gasteiger partial charge in [-0.15, -0.1) is 0 Å². The Kier molecular flexibility index (Phi) is 8.46. The number of nitrogens with zero attached hydrogens (tertiary/aromatic N) is 1. The summed E-state index contributed by atoms with van der Waals surface area (Å²) in [5, 5.41) is 3.51. The van der Waals surface area contributed by atoms with Crippen molar-refractivity contribution in [2.24, 2.45) is 0 Å². The average Bonchev–Trinajstić information content (AvgIpc) is 2.78. The number of hydrogen-bond acceptors (Lipinski definition) is 2. The van der Waals surface area contributed by atoms with Crippen LogP contribution in [0.2, 0.25) is 5.02 Å². The summed E-state index contributed by atoms with van der Waals surface area (Å²) < 4.78 is 0. The van der Waals surface area contributed by atoms with E-state index < -0.39 is 6.04 Å². The summed E-state index contributed by atoms with van der Waals surface area (Å²) in [5.41, 5.74) is 3.94. The molecule has 0 aliphatic carbocycles. The lowest BCUT2D eigenvalue weighted by Crippen LogP contribution is -2.51. The van der Waals surface area contributed by atoms with Crippen molar-refractivity contribution >= 4 is 23.4 Å². The SMILES string of the molecule is CCNC(=O)C(Cc1ccccc1)N(Cc1ccccc1C)C(=O)Cc1cccc(Cl)c1. The summed E-state index contributed by atoms with van der Waals surface area (Å²) in [6.45, 7) is 4.77. The van der Waals surface area contributed by atoms with E-state index in [2.05, 4.69) is 5.32 Å². The van der Waals surface area contributed by atoms with Crippen LogP contribution in [0.4, 0.5) is 0 Å². The summed E-state index contributed by atoms with van der Waals surface area (Å²) in [6, 6.07) is 24.4. The standard InChI is InChI=1S/C27H29ClN2O2/c1-3-29-27(32)25(17-21-11-5-4-6-12-21)30(19-23-14-8-7-10-20(23)2)26(31)18-22-13-9-15-24(28)16-22/h4-16,25H,3,17-19H2,1-2H3,(H,29,32). The van der Waals surface area contributed by atoms with Gasteiger partial charge in [0.25, 0.3) is 0 Å². The first-order valence-corrected chi connectivity index (χ1v) is 11.3. The molecule has 0 fully saturated rings. The van der Waals surface area contributed by atoms with Gasteiger partial charge >= 0.3 is 0 Å². The van der Waals surface area contributed by atoms with Crippen LogP contribution in [0.5, 0.6) is 0 Å². The van der Waals surface area contributed by atoms with E-state index in [1.807, 2.05) is 80.6 Å². The largest absolute Gasteiger partial charge is 0.355 e. The maximum Gasteiger partial charge on any atom is 0.243 e. The Bertz CT molecular complexity index is 1050. The molecular weight excluding hydrogens is 420 g/mol. The van der Waals surface area contributed by atoms with Crippen molar-refractivity contribution in [2.75, 3.05) is 6.54 Å². The van der Waals surface area contributed by atoms with Crippen LogP contribution in [0.25, 0.3) is 0 Å². The second kappa shape index (κ2) is 11.5. The van der Waals surface area contributed by atoms with Crippen molar-refractivity contribution in [3.63, 3.8) is 0 Å². The van der Waals surface area contributed by atoms with Crippen molar-refractivity contribution in [3.05, 3.63) is 106 Å². The fourth-order valence-electron chi connectivity index (χ4n) is 3.74. The third kappa shape index (κ3) is 6.44. The van der Waals surface area contributed by atoms with Crippen molar-refractivity contribution in [3.8, 4) is 0 Å². The van der Waals surface area contributed by atoms with Gasteiger partial charge in [0, 0.05) is 24.5 Å². The zero-order valence-corrected chi connectivity index (χ0v) is 19.3. The average molecular weight is 449 g/mol. The minimum Gasteiger partial charge on any atom is -0.355 e. The summed E-state index contributed by atoms with van der Waals surface area (Å²) in [7, 11) is 0. The van der Waals surface area contributed by atoms with E-state index in [1.54, 1.807) is 17.0 Å². The van der Waals surface area contributed by atoms with Crippen molar-refractivity contribution in [1.82, 2.24) is 10.2 Å². The molecule has 3 rings (SSSR count). The molecule has 32 heavy (non-hydrogen) atoms. The molecule has 0 aliphatic heterocycles. The van der Waals surface area contributed by atoms with E-state index in [1.165, 1.54) is 0 Å². The number of amides is 2. The molecule has 2 amide bonds. The lowest BCUT2D eigenvalue weighted by molar-refractivity contribution is -0.140. The zero-order valence-electron chi connectivity index (χ0n) is 18.6. The van der Waals surface area contributed by atoms with Crippen LogP contribution < -0.4 is 5.32 Å². The summed E-state index contributed by atoms with van der Waals surface area (Å²) >= 11 is 6.13. The Morgan fingerprint density at radius 2 is 1.62 bits per heavy atom. The van der Waals surface area contributed by atoms with Gasteiger partial charge in [0.15, 0.2) is 0 Å². The number of carbonyl (C=O) groups excluding carboxylic acids is 2. The van der Waals surface area contributed by atoms with Gasteiger partial charge in [0.05, 0.1) is 6.42 Å². The predicted molar refractivity (Wildman–Crippen MR) is 130 cm³/mol. The molecule has 0 heterocycles. The van der Waals surface area contributed by atoms with Crippen LogP contribution in [0.3, 0.4) is 0 Å². The van der Waals surface area contributed by atoms with Gasteiger partial charge in [-0.3, -0.25) is 9.59 Å². The molecule has 4 nitrogen and oxygen atoms in total. The molecule has 0 spiro atoms. The van der Waals surface area contributed by atoms with E-state index in [4.69, 9.17) is 11.6 Å². The number of hydrogen-bond donors (Lipinski definition) is 1. The maximum atomic E-state index is 13.6. The van der Waals surface area contributed by atoms with Crippen LogP contribution in [0.15, 0.2) is 78.9 Å². The molecular formula is C27H29ClN2O2. The third-order valence-corrected chi connectivity index (χ3v) is 5.70. The lowest BCUT2D eigenvalue weighted by atomic mass is 10.0. The van der Waals surface area contributed by atoms with Gasteiger partial charge in [-0.1, -0.05) is 78.3 Å². The molecule has 5 heteroatoms. The highest BCUT2D eigenvalue weighted by atomic mass is 35.5. The van der Waals surface area contributed by atoms with Gasteiger partial charge in [0.2, 0.25) is 11.8 Å². The topological polar surface area (TPSA) is 49.4 Å². The molecule has 0 bridgehead atoms. The molecule has 1 unspecified atom stereocenters. The van der Waals surface area contributed by atoms with Gasteiger partial charge < -0.3 is 10.2 Å². The van der Waals surface area contributed by atoms with E-state index >= 15 is 0 Å². The summed E-state index contributed by atoms with van der Waals surface area (Å²) in [4.78, 5) is 28.4. The summed E-state index contributed by atoms with van der Waals surface area (Å²) in [5.74, 6) is -0.257. The van der Waals surface area contributed by atoms with Crippen LogP contribution >= 0.6 is 11.6 Å². The maximum absolute atomic E-state index is 13.6. The van der Waals surface area contributed by atoms with Gasteiger partial charge in [-0.25, -0.2) is 0 Å². The van der Waals surface area contributed by atoms with Gasteiger partial charge in [-0.05, 0) is 48.2 Å². The molecule has 0 radical (unpaired) electrons. The van der Waals surface area contributed by atoms with Crippen LogP contribution in [0, 0.1) is 6.92 Å². The third-order valence-electron chi connectivity index (χ3n) is 5.47. The Morgan fingerprint density at radius 1 is 0.938 bits per heavy atom. The number of rotatable bonds is 9. The number of nitrogens with one attached hydrogen (secondary N) is 1. The molecule has 0 aliphatic rings. The highest BCUT2D eigenvalue weighted by Crippen LogP contribution is 2.19. The molecule has 3 aromatic rings. The molecule has 1 N–H and O–H groups in total. The van der Waals surface area contributed by atoms with Gasteiger partial charge in [0.1, 0.15) is 6.04 Å². The Morgan fingerprint density at radius 3 is 2.31 bits per heavy atom. The highest BCUT2D eigenvalue weighted by Gasteiger charge is 2.30. The fraction of sp³-hybridized carbons (Fsp3) is 0.259. The molecule has 166 valence electrons. The molecule has 3 aromatic carbocycles. The number of benzene rings is 3. The first-order valence-electron chi connectivity index (χ1n) is 10.9. The first-order chi connectivity index (χ1) is 15.5. The van der Waals surface area contributed by atoms with E-state index in [9.17, 15) is 9.59 Å². The number of likely N-dealkylation sites (N-methyl/N-ethyl adjacent to an activating group) is 1. The Balaban J connectivity index is 1.97. The first kappa shape index (κ1) is 23.6. The van der Waals surface area contributed by atoms with Gasteiger partial charge in [-0.2, -0.15) is 0 Å². The normalized spacial score (nSPS) is 11.6. The quantitative estimate of drug-likeness (QED) is 0.502. The predicted octanol–water partition coefficient (Wildman–Crippen LogP) is 4.97. The van der Waals surface area contributed by atoms with Crippen molar-refractivity contribution < 1.29 is 9.59 Å². The van der Waals surface area contributed by atoms with Crippen molar-refractivity contribution in [2.45, 2.75) is 39.3 Å². The van der Waals surface area contributed by atoms with Crippen LogP contribution in [0.1, 0.15) is 29.2 Å². The van der Waals surface area contributed by atoms with E-state index in [0.717, 1.165) is 22.3 Å². The second-order valence-electron chi connectivity index (χ2n) is 7.85. The zero-order chi connectivity index (χ0) is 22.9. The minimum atomic E-state index is -0.622.